The zero-order valence-electron chi connectivity index (χ0n) is 9.39. The van der Waals surface area contributed by atoms with Gasteiger partial charge in [0.25, 0.3) is 5.91 Å². The number of β-amino-alcohol motifs (C(OH)–C–C–N with tert-alkyl or cyclic N) is 1. The maximum absolute atomic E-state index is 12.2. The van der Waals surface area contributed by atoms with Crippen LogP contribution in [0.1, 0.15) is 16.8 Å². The molecule has 1 aliphatic rings. The molecule has 2 heterocycles. The molecule has 4 heteroatoms. The van der Waals surface area contributed by atoms with E-state index in [-0.39, 0.29) is 12.0 Å². The molecule has 0 bridgehead atoms. The minimum Gasteiger partial charge on any atom is -0.391 e. The Kier molecular flexibility index (Phi) is 2.37. The van der Waals surface area contributed by atoms with Crippen molar-refractivity contribution in [2.45, 2.75) is 12.5 Å². The summed E-state index contributed by atoms with van der Waals surface area (Å²) in [7, 11) is 0. The molecule has 1 aliphatic heterocycles. The molecule has 0 unspecified atom stereocenters. The fourth-order valence-corrected chi connectivity index (χ4v) is 2.29. The third kappa shape index (κ3) is 1.80. The van der Waals surface area contributed by atoms with Gasteiger partial charge in [0.2, 0.25) is 0 Å². The molecular formula is C13H14N2O2. The molecule has 1 aromatic heterocycles. The summed E-state index contributed by atoms with van der Waals surface area (Å²) < 4.78 is 0. The van der Waals surface area contributed by atoms with E-state index in [1.165, 1.54) is 0 Å². The van der Waals surface area contributed by atoms with Crippen LogP contribution in [-0.2, 0) is 0 Å². The van der Waals surface area contributed by atoms with Crippen LogP contribution < -0.4 is 0 Å². The van der Waals surface area contributed by atoms with Crippen molar-refractivity contribution in [1.82, 2.24) is 9.88 Å². The van der Waals surface area contributed by atoms with Crippen LogP contribution in [0.3, 0.4) is 0 Å². The minimum absolute atomic E-state index is 0.00181. The molecule has 1 amide bonds. The molecule has 88 valence electrons. The Morgan fingerprint density at radius 2 is 2.29 bits per heavy atom. The Morgan fingerprint density at radius 1 is 1.41 bits per heavy atom. The van der Waals surface area contributed by atoms with Crippen molar-refractivity contribution in [2.75, 3.05) is 13.1 Å². The van der Waals surface area contributed by atoms with E-state index >= 15 is 0 Å². The lowest BCUT2D eigenvalue weighted by Crippen LogP contribution is -2.29. The van der Waals surface area contributed by atoms with E-state index in [1.807, 2.05) is 30.5 Å². The number of carbonyl (C=O) groups excluding carboxylic acids is 1. The predicted octanol–water partition coefficient (Wildman–Crippen LogP) is 1.37. The summed E-state index contributed by atoms with van der Waals surface area (Å²) in [6.07, 6.45) is 2.17. The molecule has 1 aromatic carbocycles. The first kappa shape index (κ1) is 10.4. The van der Waals surface area contributed by atoms with Gasteiger partial charge in [0.1, 0.15) is 0 Å². The number of amides is 1. The van der Waals surface area contributed by atoms with Crippen molar-refractivity contribution in [3.05, 3.63) is 36.0 Å². The minimum atomic E-state index is -0.367. The third-order valence-electron chi connectivity index (χ3n) is 3.25. The molecule has 1 saturated heterocycles. The zero-order chi connectivity index (χ0) is 11.8. The number of aliphatic hydroxyl groups is 1. The lowest BCUT2D eigenvalue weighted by molar-refractivity contribution is 0.0765. The van der Waals surface area contributed by atoms with Gasteiger partial charge in [-0.15, -0.1) is 0 Å². The van der Waals surface area contributed by atoms with Crippen molar-refractivity contribution < 1.29 is 9.90 Å². The van der Waals surface area contributed by atoms with E-state index in [9.17, 15) is 9.90 Å². The number of aliphatic hydroxyl groups excluding tert-OH is 1. The Labute approximate surface area is 98.9 Å². The first-order chi connectivity index (χ1) is 8.24. The normalized spacial score (nSPS) is 20.1. The summed E-state index contributed by atoms with van der Waals surface area (Å²) in [5.41, 5.74) is 1.64. The van der Waals surface area contributed by atoms with E-state index in [0.29, 0.717) is 25.1 Å². The van der Waals surface area contributed by atoms with Crippen molar-refractivity contribution in [3.63, 3.8) is 0 Å². The van der Waals surface area contributed by atoms with E-state index in [0.717, 1.165) is 10.9 Å². The third-order valence-corrected chi connectivity index (χ3v) is 3.25. The molecule has 0 radical (unpaired) electrons. The quantitative estimate of drug-likeness (QED) is 0.777. The van der Waals surface area contributed by atoms with Gasteiger partial charge in [0, 0.05) is 30.4 Å². The van der Waals surface area contributed by atoms with E-state index < -0.39 is 0 Å². The van der Waals surface area contributed by atoms with Gasteiger partial charge in [-0.3, -0.25) is 4.79 Å². The smallest absolute Gasteiger partial charge is 0.254 e. The van der Waals surface area contributed by atoms with E-state index in [1.54, 1.807) is 4.90 Å². The fraction of sp³-hybridized carbons (Fsp3) is 0.308. The number of aromatic amines is 1. The second kappa shape index (κ2) is 3.89. The van der Waals surface area contributed by atoms with Gasteiger partial charge >= 0.3 is 0 Å². The number of hydrogen-bond donors (Lipinski definition) is 2. The van der Waals surface area contributed by atoms with Crippen LogP contribution >= 0.6 is 0 Å². The highest BCUT2D eigenvalue weighted by Crippen LogP contribution is 2.18. The maximum atomic E-state index is 12.2. The number of fused-ring (bicyclic) bond motifs is 1. The number of H-pyrrole nitrogens is 1. The molecule has 0 saturated carbocycles. The van der Waals surface area contributed by atoms with Crippen LogP contribution in [0, 0.1) is 0 Å². The van der Waals surface area contributed by atoms with Crippen molar-refractivity contribution in [3.8, 4) is 0 Å². The Bertz CT molecular complexity index is 561. The first-order valence-electron chi connectivity index (χ1n) is 5.78. The summed E-state index contributed by atoms with van der Waals surface area (Å²) >= 11 is 0. The van der Waals surface area contributed by atoms with Gasteiger partial charge in [-0.2, -0.15) is 0 Å². The molecule has 0 aliphatic carbocycles. The largest absolute Gasteiger partial charge is 0.391 e. The Hall–Kier alpha value is -1.81. The molecular weight excluding hydrogens is 216 g/mol. The van der Waals surface area contributed by atoms with Gasteiger partial charge in [-0.1, -0.05) is 6.07 Å². The van der Waals surface area contributed by atoms with Crippen molar-refractivity contribution in [2.24, 2.45) is 0 Å². The molecule has 2 N–H and O–H groups in total. The van der Waals surface area contributed by atoms with Crippen LogP contribution in [0.15, 0.2) is 30.5 Å². The number of hydrogen-bond acceptors (Lipinski definition) is 2. The van der Waals surface area contributed by atoms with Gasteiger partial charge in [0.05, 0.1) is 6.10 Å². The molecule has 3 rings (SSSR count). The van der Waals surface area contributed by atoms with Gasteiger partial charge in [-0.05, 0) is 30.0 Å². The van der Waals surface area contributed by atoms with Crippen LogP contribution in [0.2, 0.25) is 0 Å². The lowest BCUT2D eigenvalue weighted by atomic mass is 10.1. The van der Waals surface area contributed by atoms with Gasteiger partial charge in [0.15, 0.2) is 0 Å². The Balaban J connectivity index is 1.89. The summed E-state index contributed by atoms with van der Waals surface area (Å²) in [5.74, 6) is -0.00181. The molecule has 17 heavy (non-hydrogen) atoms. The number of benzene rings is 1. The fourth-order valence-electron chi connectivity index (χ4n) is 2.29. The van der Waals surface area contributed by atoms with Crippen molar-refractivity contribution in [1.29, 1.82) is 0 Å². The first-order valence-corrected chi connectivity index (χ1v) is 5.78. The number of nitrogens with one attached hydrogen (secondary N) is 1. The summed E-state index contributed by atoms with van der Waals surface area (Å²) in [6.45, 7) is 1.09. The highest BCUT2D eigenvalue weighted by Gasteiger charge is 2.25. The van der Waals surface area contributed by atoms with Gasteiger partial charge in [-0.25, -0.2) is 0 Å². The average Bonchev–Trinajstić information content (AvgIpc) is 2.95. The number of aromatic nitrogens is 1. The van der Waals surface area contributed by atoms with E-state index in [4.69, 9.17) is 0 Å². The average molecular weight is 230 g/mol. The summed E-state index contributed by atoms with van der Waals surface area (Å²) in [5, 5.41) is 10.5. The van der Waals surface area contributed by atoms with Crippen molar-refractivity contribution >= 4 is 16.8 Å². The monoisotopic (exact) mass is 230 g/mol. The predicted molar refractivity (Wildman–Crippen MR) is 64.8 cm³/mol. The number of nitrogens with zero attached hydrogens (tertiary/aromatic N) is 1. The lowest BCUT2D eigenvalue weighted by Gasteiger charge is -2.15. The van der Waals surface area contributed by atoms with Gasteiger partial charge < -0.3 is 15.0 Å². The van der Waals surface area contributed by atoms with Crippen LogP contribution in [0.4, 0.5) is 0 Å². The zero-order valence-corrected chi connectivity index (χ0v) is 9.39. The van der Waals surface area contributed by atoms with E-state index in [2.05, 4.69) is 4.98 Å². The molecule has 0 spiro atoms. The van der Waals surface area contributed by atoms with Crippen LogP contribution in [0.25, 0.3) is 10.9 Å². The molecule has 1 fully saturated rings. The standard InChI is InChI=1S/C13H14N2O2/c16-11-4-6-15(8-11)13(17)10-2-1-9-3-5-14-12(9)7-10/h1-3,5,7,11,14,16H,4,6,8H2/t11-/m1/s1. The topological polar surface area (TPSA) is 56.3 Å². The summed E-state index contributed by atoms with van der Waals surface area (Å²) in [6, 6.07) is 7.61. The second-order valence-electron chi connectivity index (χ2n) is 4.47. The summed E-state index contributed by atoms with van der Waals surface area (Å²) in [4.78, 5) is 17.0. The molecule has 1 atom stereocenters. The molecule has 4 nitrogen and oxygen atoms in total. The van der Waals surface area contributed by atoms with Crippen LogP contribution in [0.5, 0.6) is 0 Å². The number of rotatable bonds is 1. The SMILES string of the molecule is O=C(c1ccc2cc[nH]c2c1)N1CC[C@@H](O)C1. The highest BCUT2D eigenvalue weighted by atomic mass is 16.3. The van der Waals surface area contributed by atoms with Crippen LogP contribution in [-0.4, -0.2) is 40.1 Å². The number of carbonyl (C=O) groups is 1. The number of likely N-dealkylation sites (tertiary alicyclic amines) is 1. The maximum Gasteiger partial charge on any atom is 0.254 e. The molecule has 2 aromatic rings. The highest BCUT2D eigenvalue weighted by molar-refractivity contribution is 5.98. The second-order valence-corrected chi connectivity index (χ2v) is 4.47. The Morgan fingerprint density at radius 3 is 3.06 bits per heavy atom.